The Morgan fingerprint density at radius 1 is 1.11 bits per heavy atom. The summed E-state index contributed by atoms with van der Waals surface area (Å²) in [7, 11) is 0. The minimum absolute atomic E-state index is 0.0739. The summed E-state index contributed by atoms with van der Waals surface area (Å²) in [5, 5.41) is 5.98. The van der Waals surface area contributed by atoms with Crippen molar-refractivity contribution in [2.24, 2.45) is 5.73 Å². The van der Waals surface area contributed by atoms with E-state index in [0.717, 1.165) is 4.90 Å². The molecule has 1 aliphatic rings. The molecule has 4 rings (SSSR count). The third-order valence-electron chi connectivity index (χ3n) is 6.03. The number of aromatic nitrogens is 1. The number of halogens is 1. The molecule has 0 aliphatic carbocycles. The molecule has 11 heteroatoms. The summed E-state index contributed by atoms with van der Waals surface area (Å²) < 4.78 is 20.9. The van der Waals surface area contributed by atoms with Crippen molar-refractivity contribution in [1.29, 1.82) is 0 Å². The van der Waals surface area contributed by atoms with Crippen LogP contribution in [0.15, 0.2) is 54.7 Å². The second-order valence-electron chi connectivity index (χ2n) is 10.1. The molecular formula is C27H30FN5O5. The van der Waals surface area contributed by atoms with Gasteiger partial charge in [0.15, 0.2) is 0 Å². The number of nitrogens with zero attached hydrogens (tertiary/aromatic N) is 2. The number of hydrogen-bond acceptors (Lipinski definition) is 5. The minimum atomic E-state index is -1.38. The Labute approximate surface area is 218 Å². The molecule has 3 aromatic rings. The first-order chi connectivity index (χ1) is 17.9. The van der Waals surface area contributed by atoms with Gasteiger partial charge in [-0.25, -0.2) is 18.8 Å². The number of nitrogens with one attached hydrogen (secondary N) is 2. The van der Waals surface area contributed by atoms with Gasteiger partial charge in [0.2, 0.25) is 5.91 Å². The molecule has 1 saturated heterocycles. The molecule has 0 bridgehead atoms. The quantitative estimate of drug-likeness (QED) is 0.437. The van der Waals surface area contributed by atoms with E-state index in [1.165, 1.54) is 10.8 Å². The number of likely N-dealkylation sites (tertiary alicyclic amines) is 1. The summed E-state index contributed by atoms with van der Waals surface area (Å²) in [6.45, 7) is 5.13. The number of benzene rings is 2. The average Bonchev–Trinajstić information content (AvgIpc) is 3.43. The fourth-order valence-corrected chi connectivity index (χ4v) is 4.36. The van der Waals surface area contributed by atoms with Gasteiger partial charge in [0.05, 0.1) is 23.3 Å². The summed E-state index contributed by atoms with van der Waals surface area (Å²) in [6, 6.07) is 11.1. The van der Waals surface area contributed by atoms with Crippen LogP contribution >= 0.6 is 0 Å². The van der Waals surface area contributed by atoms with Crippen molar-refractivity contribution in [2.45, 2.75) is 51.6 Å². The highest BCUT2D eigenvalue weighted by atomic mass is 19.1. The third kappa shape index (κ3) is 5.93. The van der Waals surface area contributed by atoms with Crippen LogP contribution in [0.5, 0.6) is 0 Å². The molecule has 200 valence electrons. The Morgan fingerprint density at radius 2 is 1.84 bits per heavy atom. The molecule has 38 heavy (non-hydrogen) atoms. The molecule has 4 amide bonds. The maximum Gasteiger partial charge on any atom is 0.338 e. The predicted octanol–water partition coefficient (Wildman–Crippen LogP) is 3.78. The van der Waals surface area contributed by atoms with Gasteiger partial charge in [0, 0.05) is 24.5 Å². The second-order valence-corrected chi connectivity index (χ2v) is 10.1. The van der Waals surface area contributed by atoms with E-state index < -0.39 is 41.8 Å². The normalized spacial score (nSPS) is 17.3. The van der Waals surface area contributed by atoms with Crippen LogP contribution < -0.4 is 16.4 Å². The number of carbonyl (C=O) groups is 4. The maximum atomic E-state index is 14.4. The van der Waals surface area contributed by atoms with Crippen molar-refractivity contribution in [3.63, 3.8) is 0 Å². The van der Waals surface area contributed by atoms with Crippen molar-refractivity contribution in [3.8, 4) is 0 Å². The van der Waals surface area contributed by atoms with Crippen molar-refractivity contribution in [1.82, 2.24) is 14.8 Å². The van der Waals surface area contributed by atoms with E-state index in [1.807, 2.05) is 0 Å². The van der Waals surface area contributed by atoms with Crippen LogP contribution in [-0.4, -0.2) is 57.8 Å². The number of urea groups is 1. The van der Waals surface area contributed by atoms with E-state index in [-0.39, 0.29) is 19.5 Å². The fraction of sp³-hybridized carbons (Fsp3) is 0.333. The van der Waals surface area contributed by atoms with Crippen LogP contribution in [0, 0.1) is 0 Å². The number of primary amides is 1. The summed E-state index contributed by atoms with van der Waals surface area (Å²) >= 11 is 0. The van der Waals surface area contributed by atoms with Gasteiger partial charge in [0.25, 0.3) is 0 Å². The number of amides is 4. The summed E-state index contributed by atoms with van der Waals surface area (Å²) in [4.78, 5) is 51.4. The van der Waals surface area contributed by atoms with Gasteiger partial charge in [-0.1, -0.05) is 30.3 Å². The molecule has 10 nitrogen and oxygen atoms in total. The van der Waals surface area contributed by atoms with Gasteiger partial charge in [-0.15, -0.1) is 0 Å². The molecule has 4 N–H and O–H groups in total. The Kier molecular flexibility index (Phi) is 7.38. The van der Waals surface area contributed by atoms with E-state index in [1.54, 1.807) is 69.3 Å². The topological polar surface area (TPSA) is 136 Å². The van der Waals surface area contributed by atoms with Crippen LogP contribution in [0.4, 0.5) is 19.7 Å². The first kappa shape index (κ1) is 26.6. The Balaban J connectivity index is 1.44. The fourth-order valence-electron chi connectivity index (χ4n) is 4.36. The molecule has 0 spiro atoms. The third-order valence-corrected chi connectivity index (χ3v) is 6.03. The zero-order valence-corrected chi connectivity index (χ0v) is 21.4. The van der Waals surface area contributed by atoms with Crippen LogP contribution in [0.1, 0.15) is 43.1 Å². The molecule has 2 heterocycles. The molecule has 1 aromatic heterocycles. The van der Waals surface area contributed by atoms with Gasteiger partial charge in [-0.3, -0.25) is 9.36 Å². The molecular weight excluding hydrogens is 493 g/mol. The van der Waals surface area contributed by atoms with Gasteiger partial charge >= 0.3 is 18.0 Å². The molecule has 1 aliphatic heterocycles. The van der Waals surface area contributed by atoms with E-state index in [9.17, 15) is 23.6 Å². The van der Waals surface area contributed by atoms with Crippen molar-refractivity contribution >= 4 is 40.5 Å². The van der Waals surface area contributed by atoms with Crippen LogP contribution in [0.25, 0.3) is 10.9 Å². The van der Waals surface area contributed by atoms with Crippen LogP contribution in [-0.2, 0) is 16.1 Å². The van der Waals surface area contributed by atoms with Gasteiger partial charge in [0.1, 0.15) is 17.8 Å². The largest absolute Gasteiger partial charge is 0.456 e. The van der Waals surface area contributed by atoms with Gasteiger partial charge in [-0.2, -0.15) is 0 Å². The number of esters is 1. The number of anilines is 1. The molecule has 2 aromatic carbocycles. The maximum absolute atomic E-state index is 14.4. The van der Waals surface area contributed by atoms with Crippen molar-refractivity contribution < 1.29 is 28.3 Å². The lowest BCUT2D eigenvalue weighted by atomic mass is 10.1. The number of fused-ring (bicyclic) bond motifs is 1. The molecule has 0 saturated carbocycles. The number of nitrogens with two attached hydrogens (primary N) is 1. The summed E-state index contributed by atoms with van der Waals surface area (Å²) in [5.74, 6) is -1.01. The van der Waals surface area contributed by atoms with E-state index in [0.29, 0.717) is 27.7 Å². The highest BCUT2D eigenvalue weighted by Gasteiger charge is 2.40. The monoisotopic (exact) mass is 523 g/mol. The van der Waals surface area contributed by atoms with Crippen molar-refractivity contribution in [3.05, 3.63) is 65.9 Å². The highest BCUT2D eigenvalue weighted by molar-refractivity contribution is 6.05. The zero-order valence-electron chi connectivity index (χ0n) is 21.4. The highest BCUT2D eigenvalue weighted by Crippen LogP contribution is 2.28. The number of rotatable bonds is 5. The number of ether oxygens (including phenoxy) is 1. The first-order valence-corrected chi connectivity index (χ1v) is 12.1. The Bertz CT molecular complexity index is 1400. The zero-order chi connectivity index (χ0) is 27.6. The lowest BCUT2D eigenvalue weighted by Crippen LogP contribution is -2.47. The molecule has 0 unspecified atom stereocenters. The SMILES string of the molecule is CC(C)(C)OC(=O)c1cccc(CNC(=O)[C@@H]2C[C@@H](F)CN2C(=O)Nc2cn(C(N)=O)c3ccccc23)c1. The summed E-state index contributed by atoms with van der Waals surface area (Å²) in [6.07, 6.45) is -0.139. The molecule has 1 fully saturated rings. The number of carbonyl (C=O) groups excluding carboxylic acids is 4. The van der Waals surface area contributed by atoms with E-state index in [4.69, 9.17) is 10.5 Å². The number of para-hydroxylation sites is 1. The minimum Gasteiger partial charge on any atom is -0.456 e. The lowest BCUT2D eigenvalue weighted by molar-refractivity contribution is -0.124. The summed E-state index contributed by atoms with van der Waals surface area (Å²) in [5.41, 5.74) is 6.58. The van der Waals surface area contributed by atoms with Gasteiger partial charge in [-0.05, 0) is 44.5 Å². The predicted molar refractivity (Wildman–Crippen MR) is 139 cm³/mol. The average molecular weight is 524 g/mol. The second kappa shape index (κ2) is 10.5. The number of alkyl halides is 1. The van der Waals surface area contributed by atoms with Crippen LogP contribution in [0.2, 0.25) is 0 Å². The van der Waals surface area contributed by atoms with Crippen molar-refractivity contribution in [2.75, 3.05) is 11.9 Å². The Hall–Kier alpha value is -4.41. The van der Waals surface area contributed by atoms with Crippen LogP contribution in [0.3, 0.4) is 0 Å². The first-order valence-electron chi connectivity index (χ1n) is 12.1. The van der Waals surface area contributed by atoms with E-state index >= 15 is 0 Å². The van der Waals surface area contributed by atoms with E-state index in [2.05, 4.69) is 10.6 Å². The molecule has 0 radical (unpaired) electrons. The Morgan fingerprint density at radius 3 is 2.55 bits per heavy atom. The van der Waals surface area contributed by atoms with Gasteiger partial charge < -0.3 is 26.0 Å². The lowest BCUT2D eigenvalue weighted by Gasteiger charge is -2.24. The number of hydrogen-bond donors (Lipinski definition) is 3. The smallest absolute Gasteiger partial charge is 0.338 e. The standard InChI is InChI=1S/C27H30FN5O5/c1-27(2,3)38-24(35)17-8-6-7-16(11-17)13-30-23(34)22-12-18(28)14-33(22)26(37)31-20-15-32(25(29)36)21-10-5-4-9-19(20)21/h4-11,15,18,22H,12-14H2,1-3H3,(H2,29,36)(H,30,34)(H,31,37)/t18-,22+/m1/s1. The molecule has 2 atom stereocenters.